The minimum absolute atomic E-state index is 0.0187. The fourth-order valence-corrected chi connectivity index (χ4v) is 3.78. The van der Waals surface area contributed by atoms with Crippen molar-refractivity contribution in [1.82, 2.24) is 14.9 Å². The Kier molecular flexibility index (Phi) is 7.41. The minimum atomic E-state index is 0.0187. The Balaban J connectivity index is 1.88. The zero-order chi connectivity index (χ0) is 20.8. The van der Waals surface area contributed by atoms with Crippen LogP contribution in [0.15, 0.2) is 24.3 Å². The highest BCUT2D eigenvalue weighted by atomic mass is 35.5. The molecule has 156 valence electrons. The van der Waals surface area contributed by atoms with E-state index in [9.17, 15) is 4.79 Å². The molecule has 0 spiro atoms. The van der Waals surface area contributed by atoms with Crippen LogP contribution in [0.2, 0.25) is 5.02 Å². The number of anilines is 1. The van der Waals surface area contributed by atoms with E-state index in [0.29, 0.717) is 50.1 Å². The van der Waals surface area contributed by atoms with Crippen LogP contribution in [0.4, 0.5) is 5.82 Å². The average Bonchev–Trinajstić information content (AvgIpc) is 2.70. The molecule has 0 unspecified atom stereocenters. The number of rotatable bonds is 7. The number of benzene rings is 1. The van der Waals surface area contributed by atoms with Gasteiger partial charge in [-0.05, 0) is 24.6 Å². The molecule has 1 aromatic heterocycles. The van der Waals surface area contributed by atoms with Gasteiger partial charge >= 0.3 is 0 Å². The Labute approximate surface area is 176 Å². The third kappa shape index (κ3) is 5.44. The Morgan fingerprint density at radius 1 is 1.14 bits per heavy atom. The number of carbonyl (C=O) groups excluding carboxylic acids is 1. The number of methoxy groups -OCH3 is 2. The molecule has 1 aromatic carbocycles. The smallest absolute Gasteiger partial charge is 0.248 e. The second-order valence-electron chi connectivity index (χ2n) is 7.06. The van der Waals surface area contributed by atoms with Gasteiger partial charge in [-0.25, -0.2) is 9.97 Å². The number of carbonyl (C=O) groups is 1. The molecular formula is C21H27ClN4O3. The van der Waals surface area contributed by atoms with Gasteiger partial charge in [-0.1, -0.05) is 23.7 Å². The summed E-state index contributed by atoms with van der Waals surface area (Å²) in [6.45, 7) is 5.12. The molecule has 0 aliphatic carbocycles. The molecule has 1 aliphatic heterocycles. The van der Waals surface area contributed by atoms with Crippen LogP contribution in [0, 0.1) is 6.92 Å². The zero-order valence-corrected chi connectivity index (χ0v) is 17.9. The van der Waals surface area contributed by atoms with Crippen molar-refractivity contribution in [3.63, 3.8) is 0 Å². The predicted molar refractivity (Wildman–Crippen MR) is 112 cm³/mol. The van der Waals surface area contributed by atoms with E-state index in [2.05, 4.69) is 9.88 Å². The fraction of sp³-hybridized carbons (Fsp3) is 0.476. The number of ether oxygens (including phenoxy) is 2. The van der Waals surface area contributed by atoms with Crippen LogP contribution in [0.5, 0.6) is 0 Å². The summed E-state index contributed by atoms with van der Waals surface area (Å²) in [6, 6.07) is 7.82. The van der Waals surface area contributed by atoms with Crippen molar-refractivity contribution in [2.45, 2.75) is 20.0 Å². The molecule has 0 bridgehead atoms. The van der Waals surface area contributed by atoms with Crippen molar-refractivity contribution in [3.8, 4) is 0 Å². The van der Waals surface area contributed by atoms with Crippen molar-refractivity contribution in [3.05, 3.63) is 51.9 Å². The van der Waals surface area contributed by atoms with Crippen molar-refractivity contribution in [2.75, 3.05) is 51.9 Å². The van der Waals surface area contributed by atoms with Crippen molar-refractivity contribution in [2.24, 2.45) is 0 Å². The van der Waals surface area contributed by atoms with Crippen LogP contribution in [-0.4, -0.2) is 67.8 Å². The van der Waals surface area contributed by atoms with Crippen LogP contribution < -0.4 is 4.90 Å². The number of amides is 1. The quantitative estimate of drug-likeness (QED) is 0.688. The van der Waals surface area contributed by atoms with Gasteiger partial charge in [-0.2, -0.15) is 0 Å². The first-order valence-electron chi connectivity index (χ1n) is 9.63. The number of aromatic nitrogens is 2. The number of hydrogen-bond acceptors (Lipinski definition) is 6. The number of nitrogens with zero attached hydrogens (tertiary/aromatic N) is 4. The lowest BCUT2D eigenvalue weighted by atomic mass is 10.0. The number of hydrogen-bond donors (Lipinski definition) is 0. The molecule has 0 N–H and O–H groups in total. The van der Waals surface area contributed by atoms with Gasteiger partial charge in [0.15, 0.2) is 0 Å². The molecule has 0 saturated carbocycles. The summed E-state index contributed by atoms with van der Waals surface area (Å²) in [7, 11) is 3.21. The summed E-state index contributed by atoms with van der Waals surface area (Å²) in [5.74, 6) is 1.63. The summed E-state index contributed by atoms with van der Waals surface area (Å²) < 4.78 is 10.4. The minimum Gasteiger partial charge on any atom is -0.378 e. The van der Waals surface area contributed by atoms with E-state index in [-0.39, 0.29) is 12.5 Å². The average molecular weight is 419 g/mol. The third-order valence-electron chi connectivity index (χ3n) is 4.93. The van der Waals surface area contributed by atoms with Crippen LogP contribution >= 0.6 is 11.6 Å². The monoisotopic (exact) mass is 418 g/mol. The first kappa shape index (κ1) is 21.5. The van der Waals surface area contributed by atoms with E-state index >= 15 is 0 Å². The van der Waals surface area contributed by atoms with E-state index < -0.39 is 0 Å². The highest BCUT2D eigenvalue weighted by Crippen LogP contribution is 2.27. The number of aryl methyl sites for hydroxylation is 1. The molecular weight excluding hydrogens is 392 g/mol. The van der Waals surface area contributed by atoms with E-state index in [1.165, 1.54) is 7.11 Å². The molecule has 8 heteroatoms. The largest absolute Gasteiger partial charge is 0.378 e. The second kappa shape index (κ2) is 10.0. The Morgan fingerprint density at radius 3 is 2.55 bits per heavy atom. The van der Waals surface area contributed by atoms with E-state index in [1.54, 1.807) is 7.11 Å². The highest BCUT2D eigenvalue weighted by molar-refractivity contribution is 6.30. The van der Waals surface area contributed by atoms with Gasteiger partial charge in [0, 0.05) is 57.4 Å². The maximum atomic E-state index is 12.1. The summed E-state index contributed by atoms with van der Waals surface area (Å²) in [4.78, 5) is 25.6. The topological polar surface area (TPSA) is 67.8 Å². The summed E-state index contributed by atoms with van der Waals surface area (Å²) in [6.07, 6.45) is 0.664. The molecule has 3 rings (SSSR count). The normalized spacial score (nSPS) is 14.3. The van der Waals surface area contributed by atoms with Gasteiger partial charge in [0.25, 0.3) is 0 Å². The van der Waals surface area contributed by atoms with Gasteiger partial charge in [0.1, 0.15) is 18.2 Å². The fourth-order valence-electron chi connectivity index (χ4n) is 3.57. The predicted octanol–water partition coefficient (Wildman–Crippen LogP) is 2.47. The third-order valence-corrected chi connectivity index (χ3v) is 5.17. The van der Waals surface area contributed by atoms with Crippen molar-refractivity contribution >= 4 is 23.3 Å². The zero-order valence-electron chi connectivity index (χ0n) is 17.2. The van der Waals surface area contributed by atoms with Gasteiger partial charge in [0.2, 0.25) is 5.91 Å². The first-order chi connectivity index (χ1) is 14.0. The lowest BCUT2D eigenvalue weighted by molar-refractivity contribution is -0.135. The summed E-state index contributed by atoms with van der Waals surface area (Å²) >= 11 is 6.18. The van der Waals surface area contributed by atoms with Gasteiger partial charge in [-0.15, -0.1) is 0 Å². The lowest BCUT2D eigenvalue weighted by Crippen LogP contribution is -2.50. The SMILES string of the molecule is COCC(=O)N1CCN(c2nc(C)nc(COC)c2Cc2cccc(Cl)c2)CC1. The molecule has 1 fully saturated rings. The molecule has 29 heavy (non-hydrogen) atoms. The molecule has 0 radical (unpaired) electrons. The standard InChI is InChI=1S/C21H27ClN4O3/c1-15-23-19(13-28-2)18(12-16-5-4-6-17(22)11-16)21(24-15)26-9-7-25(8-10-26)20(27)14-29-3/h4-6,11H,7-10,12-14H2,1-3H3. The molecule has 1 amide bonds. The Hall–Kier alpha value is -2.22. The molecule has 1 aliphatic rings. The first-order valence-corrected chi connectivity index (χ1v) is 10.0. The maximum Gasteiger partial charge on any atom is 0.248 e. The van der Waals surface area contributed by atoms with Crippen molar-refractivity contribution < 1.29 is 14.3 Å². The number of piperazine rings is 1. The van der Waals surface area contributed by atoms with E-state index in [0.717, 1.165) is 22.6 Å². The van der Waals surface area contributed by atoms with Gasteiger partial charge < -0.3 is 19.3 Å². The molecule has 0 atom stereocenters. The van der Waals surface area contributed by atoms with Crippen LogP contribution in [-0.2, 0) is 27.3 Å². The lowest BCUT2D eigenvalue weighted by Gasteiger charge is -2.36. The van der Waals surface area contributed by atoms with E-state index in [1.807, 2.05) is 36.1 Å². The maximum absolute atomic E-state index is 12.1. The van der Waals surface area contributed by atoms with Crippen molar-refractivity contribution in [1.29, 1.82) is 0 Å². The summed E-state index contributed by atoms with van der Waals surface area (Å²) in [5, 5.41) is 0.704. The second-order valence-corrected chi connectivity index (χ2v) is 7.50. The Bertz CT molecular complexity index is 854. The molecule has 2 aromatic rings. The van der Waals surface area contributed by atoms with Gasteiger partial charge in [0.05, 0.1) is 12.3 Å². The van der Waals surface area contributed by atoms with Crippen LogP contribution in [0.3, 0.4) is 0 Å². The van der Waals surface area contributed by atoms with Crippen LogP contribution in [0.1, 0.15) is 22.6 Å². The van der Waals surface area contributed by atoms with Crippen LogP contribution in [0.25, 0.3) is 0 Å². The highest BCUT2D eigenvalue weighted by Gasteiger charge is 2.25. The molecule has 1 saturated heterocycles. The number of halogens is 1. The summed E-state index contributed by atoms with van der Waals surface area (Å²) in [5.41, 5.74) is 3.02. The molecule has 2 heterocycles. The van der Waals surface area contributed by atoms with E-state index in [4.69, 9.17) is 26.1 Å². The Morgan fingerprint density at radius 2 is 1.90 bits per heavy atom. The van der Waals surface area contributed by atoms with Gasteiger partial charge in [-0.3, -0.25) is 4.79 Å². The molecule has 7 nitrogen and oxygen atoms in total.